The van der Waals surface area contributed by atoms with Crippen LogP contribution in [0.3, 0.4) is 0 Å². The number of nitrogens with zero attached hydrogens (tertiary/aromatic N) is 2. The molecule has 2 aromatic rings. The predicted molar refractivity (Wildman–Crippen MR) is 99.7 cm³/mol. The summed E-state index contributed by atoms with van der Waals surface area (Å²) in [6.07, 6.45) is 1.67. The second kappa shape index (κ2) is 10.7. The summed E-state index contributed by atoms with van der Waals surface area (Å²) >= 11 is 0. The fourth-order valence-corrected chi connectivity index (χ4v) is 1.99. The molecule has 136 valence electrons. The van der Waals surface area contributed by atoms with E-state index in [-0.39, 0.29) is 41.8 Å². The van der Waals surface area contributed by atoms with Gasteiger partial charge in [-0.25, -0.2) is 4.39 Å². The van der Waals surface area contributed by atoms with Crippen molar-refractivity contribution in [2.45, 2.75) is 19.7 Å². The summed E-state index contributed by atoms with van der Waals surface area (Å²) in [5.41, 5.74) is 0.798. The zero-order valence-corrected chi connectivity index (χ0v) is 15.7. The van der Waals surface area contributed by atoms with Gasteiger partial charge in [0.2, 0.25) is 0 Å². The van der Waals surface area contributed by atoms with Crippen LogP contribution in [0, 0.1) is 5.82 Å². The van der Waals surface area contributed by atoms with E-state index in [9.17, 15) is 13.2 Å². The number of alkyl halides is 2. The van der Waals surface area contributed by atoms with Crippen molar-refractivity contribution >= 4 is 29.9 Å². The minimum Gasteiger partial charge on any atom is -0.434 e. The van der Waals surface area contributed by atoms with Crippen molar-refractivity contribution in [1.29, 1.82) is 0 Å². The van der Waals surface area contributed by atoms with E-state index in [0.717, 1.165) is 5.69 Å². The summed E-state index contributed by atoms with van der Waals surface area (Å²) in [7, 11) is 1.55. The van der Waals surface area contributed by atoms with Gasteiger partial charge >= 0.3 is 6.61 Å². The van der Waals surface area contributed by atoms with E-state index in [1.54, 1.807) is 19.3 Å². The number of guanidine groups is 1. The zero-order chi connectivity index (χ0) is 17.4. The third-order valence-electron chi connectivity index (χ3n) is 3.11. The number of nitrogens with one attached hydrogen (secondary N) is 2. The molecule has 5 nitrogen and oxygen atoms in total. The minimum absolute atomic E-state index is 0. The molecule has 25 heavy (non-hydrogen) atoms. The Kier molecular flexibility index (Phi) is 9.03. The first kappa shape index (κ1) is 21.0. The van der Waals surface area contributed by atoms with E-state index in [1.807, 2.05) is 12.1 Å². The van der Waals surface area contributed by atoms with Gasteiger partial charge in [0.05, 0.1) is 12.2 Å². The van der Waals surface area contributed by atoms with Gasteiger partial charge in [-0.15, -0.1) is 24.0 Å². The van der Waals surface area contributed by atoms with Crippen LogP contribution in [0.15, 0.2) is 47.6 Å². The van der Waals surface area contributed by atoms with Crippen molar-refractivity contribution < 1.29 is 17.9 Å². The molecule has 0 spiro atoms. The van der Waals surface area contributed by atoms with Gasteiger partial charge in [-0.05, 0) is 24.3 Å². The van der Waals surface area contributed by atoms with Crippen LogP contribution in [0.2, 0.25) is 0 Å². The van der Waals surface area contributed by atoms with E-state index in [1.165, 1.54) is 18.2 Å². The monoisotopic (exact) mass is 466 g/mol. The number of aromatic nitrogens is 1. The number of hydrogen-bond acceptors (Lipinski definition) is 3. The highest BCUT2D eigenvalue weighted by Gasteiger charge is 2.14. The lowest BCUT2D eigenvalue weighted by Gasteiger charge is -2.15. The van der Waals surface area contributed by atoms with Crippen LogP contribution < -0.4 is 15.4 Å². The third kappa shape index (κ3) is 6.77. The lowest BCUT2D eigenvalue weighted by atomic mass is 10.2. The molecule has 1 aromatic carbocycles. The fraction of sp³-hybridized carbons (Fsp3) is 0.250. The zero-order valence-electron chi connectivity index (χ0n) is 13.4. The van der Waals surface area contributed by atoms with E-state index in [2.05, 4.69) is 25.3 Å². The van der Waals surface area contributed by atoms with E-state index < -0.39 is 12.4 Å². The first-order valence-corrected chi connectivity index (χ1v) is 7.16. The Balaban J connectivity index is 0.00000312. The van der Waals surface area contributed by atoms with Gasteiger partial charge in [0.1, 0.15) is 11.6 Å². The molecule has 2 rings (SSSR count). The SMILES string of the molecule is CN=C(NCc1ccccn1)NCc1c(F)cccc1OC(F)F.I. The highest BCUT2D eigenvalue weighted by molar-refractivity contribution is 14.0. The molecule has 0 aliphatic carbocycles. The number of aliphatic imine (C=N–C) groups is 1. The van der Waals surface area contributed by atoms with Gasteiger partial charge in [0.15, 0.2) is 5.96 Å². The first-order valence-electron chi connectivity index (χ1n) is 7.16. The molecule has 1 aromatic heterocycles. The Morgan fingerprint density at radius 2 is 1.92 bits per heavy atom. The average Bonchev–Trinajstić information content (AvgIpc) is 2.57. The van der Waals surface area contributed by atoms with Crippen molar-refractivity contribution in [1.82, 2.24) is 15.6 Å². The largest absolute Gasteiger partial charge is 0.434 e. The quantitative estimate of drug-likeness (QED) is 0.390. The van der Waals surface area contributed by atoms with Gasteiger partial charge in [0.25, 0.3) is 0 Å². The molecule has 1 heterocycles. The van der Waals surface area contributed by atoms with Crippen LogP contribution >= 0.6 is 24.0 Å². The van der Waals surface area contributed by atoms with Crippen LogP contribution in [0.1, 0.15) is 11.3 Å². The van der Waals surface area contributed by atoms with E-state index in [0.29, 0.717) is 12.5 Å². The van der Waals surface area contributed by atoms with Gasteiger partial charge < -0.3 is 15.4 Å². The van der Waals surface area contributed by atoms with Crippen LogP contribution in [-0.4, -0.2) is 24.6 Å². The van der Waals surface area contributed by atoms with Crippen molar-refractivity contribution in [3.05, 3.63) is 59.7 Å². The van der Waals surface area contributed by atoms with Gasteiger partial charge in [-0.2, -0.15) is 8.78 Å². The predicted octanol–water partition coefficient (Wildman–Crippen LogP) is 3.31. The standard InChI is InChI=1S/C16H17F3N4O.HI/c1-20-16(22-9-11-5-2-3-8-21-11)23-10-12-13(17)6-4-7-14(12)24-15(18)19;/h2-8,15H,9-10H2,1H3,(H2,20,22,23);1H. The van der Waals surface area contributed by atoms with Gasteiger partial charge in [-0.1, -0.05) is 12.1 Å². The Hall–Kier alpha value is -2.04. The fourth-order valence-electron chi connectivity index (χ4n) is 1.99. The van der Waals surface area contributed by atoms with Crippen LogP contribution in [0.4, 0.5) is 13.2 Å². The second-order valence-corrected chi connectivity index (χ2v) is 4.70. The Morgan fingerprint density at radius 3 is 2.56 bits per heavy atom. The topological polar surface area (TPSA) is 58.5 Å². The molecule has 0 atom stereocenters. The molecular formula is C16H18F3IN4O. The summed E-state index contributed by atoms with van der Waals surface area (Å²) in [6.45, 7) is -2.67. The maximum absolute atomic E-state index is 13.9. The number of benzene rings is 1. The summed E-state index contributed by atoms with van der Waals surface area (Å²) in [4.78, 5) is 8.15. The van der Waals surface area contributed by atoms with E-state index in [4.69, 9.17) is 0 Å². The highest BCUT2D eigenvalue weighted by Crippen LogP contribution is 2.23. The lowest BCUT2D eigenvalue weighted by molar-refractivity contribution is -0.0506. The van der Waals surface area contributed by atoms with E-state index >= 15 is 0 Å². The minimum atomic E-state index is -3.02. The molecule has 0 bridgehead atoms. The van der Waals surface area contributed by atoms with Gasteiger partial charge in [-0.3, -0.25) is 9.98 Å². The lowest BCUT2D eigenvalue weighted by Crippen LogP contribution is -2.36. The van der Waals surface area contributed by atoms with Crippen LogP contribution in [0.5, 0.6) is 5.75 Å². The smallest absolute Gasteiger partial charge is 0.387 e. The second-order valence-electron chi connectivity index (χ2n) is 4.70. The number of hydrogen-bond donors (Lipinski definition) is 2. The molecule has 0 fully saturated rings. The molecule has 0 aliphatic heterocycles. The summed E-state index contributed by atoms with van der Waals surface area (Å²) in [5.74, 6) is -0.467. The average molecular weight is 466 g/mol. The van der Waals surface area contributed by atoms with Gasteiger partial charge in [0, 0.05) is 25.4 Å². The summed E-state index contributed by atoms with van der Waals surface area (Å²) in [5, 5.41) is 5.86. The van der Waals surface area contributed by atoms with Crippen molar-refractivity contribution in [3.63, 3.8) is 0 Å². The molecule has 0 amide bonds. The van der Waals surface area contributed by atoms with Crippen molar-refractivity contribution in [2.75, 3.05) is 7.05 Å². The molecular weight excluding hydrogens is 448 g/mol. The maximum atomic E-state index is 13.9. The molecule has 9 heteroatoms. The Bertz CT molecular complexity index is 686. The Morgan fingerprint density at radius 1 is 1.16 bits per heavy atom. The maximum Gasteiger partial charge on any atom is 0.387 e. The normalized spacial score (nSPS) is 11.0. The molecule has 0 aliphatic rings. The molecule has 0 saturated carbocycles. The number of ether oxygens (including phenoxy) is 1. The molecule has 0 radical (unpaired) electrons. The summed E-state index contributed by atoms with van der Waals surface area (Å²) in [6, 6.07) is 9.28. The highest BCUT2D eigenvalue weighted by atomic mass is 127. The summed E-state index contributed by atoms with van der Waals surface area (Å²) < 4.78 is 43.0. The third-order valence-corrected chi connectivity index (χ3v) is 3.11. The van der Waals surface area contributed by atoms with Crippen LogP contribution in [0.25, 0.3) is 0 Å². The molecule has 0 unspecified atom stereocenters. The Labute approximate surface area is 160 Å². The first-order chi connectivity index (χ1) is 11.6. The van der Waals surface area contributed by atoms with Crippen molar-refractivity contribution in [3.8, 4) is 5.75 Å². The van der Waals surface area contributed by atoms with Crippen molar-refractivity contribution in [2.24, 2.45) is 4.99 Å². The molecule has 0 saturated heterocycles. The number of rotatable bonds is 6. The van der Waals surface area contributed by atoms with Crippen LogP contribution in [-0.2, 0) is 13.1 Å². The number of pyridine rings is 1. The molecule has 2 N–H and O–H groups in total. The number of halogens is 4.